The lowest BCUT2D eigenvalue weighted by molar-refractivity contribution is 0.598. The van der Waals surface area contributed by atoms with Gasteiger partial charge in [-0.05, 0) is 37.5 Å². The highest BCUT2D eigenvalue weighted by atomic mass is 14.7. The highest BCUT2D eigenvalue weighted by molar-refractivity contribution is 5.42. The molecule has 1 heteroatoms. The first-order chi connectivity index (χ1) is 8.01. The van der Waals surface area contributed by atoms with Crippen molar-refractivity contribution in [2.24, 2.45) is 5.73 Å². The van der Waals surface area contributed by atoms with Crippen molar-refractivity contribution in [3.63, 3.8) is 0 Å². The van der Waals surface area contributed by atoms with E-state index in [-0.39, 0.29) is 0 Å². The van der Waals surface area contributed by atoms with E-state index in [2.05, 4.69) is 57.2 Å². The monoisotopic (exact) mass is 225 g/mol. The van der Waals surface area contributed by atoms with Crippen LogP contribution in [0.15, 0.2) is 48.5 Å². The van der Waals surface area contributed by atoms with Crippen LogP contribution in [0.2, 0.25) is 0 Å². The zero-order chi connectivity index (χ0) is 12.5. The normalized spacial score (nSPS) is 14.4. The molecule has 0 heterocycles. The molecule has 0 saturated heterocycles. The van der Waals surface area contributed by atoms with Gasteiger partial charge in [-0.15, -0.1) is 0 Å². The van der Waals surface area contributed by atoms with Crippen LogP contribution in [-0.2, 0) is 5.54 Å². The maximum absolute atomic E-state index is 6.53. The zero-order valence-electron chi connectivity index (χ0n) is 10.7. The molecule has 0 fully saturated rings. The van der Waals surface area contributed by atoms with Gasteiger partial charge in [-0.2, -0.15) is 0 Å². The van der Waals surface area contributed by atoms with Gasteiger partial charge >= 0.3 is 0 Å². The Kier molecular flexibility index (Phi) is 3.03. The number of benzene rings is 2. The maximum Gasteiger partial charge on any atom is 0.0639 e. The van der Waals surface area contributed by atoms with E-state index < -0.39 is 5.54 Å². The molecule has 0 aromatic heterocycles. The number of nitrogens with two attached hydrogens (primary N) is 1. The maximum atomic E-state index is 6.53. The van der Waals surface area contributed by atoms with Gasteiger partial charge in [0.1, 0.15) is 0 Å². The van der Waals surface area contributed by atoms with Gasteiger partial charge in [0.05, 0.1) is 5.54 Å². The summed E-state index contributed by atoms with van der Waals surface area (Å²) in [6.07, 6.45) is 0. The first kappa shape index (κ1) is 11.9. The molecule has 0 aliphatic heterocycles. The van der Waals surface area contributed by atoms with Crippen LogP contribution in [0.3, 0.4) is 0 Å². The van der Waals surface area contributed by atoms with Crippen LogP contribution in [0.4, 0.5) is 0 Å². The van der Waals surface area contributed by atoms with Crippen molar-refractivity contribution < 1.29 is 0 Å². The van der Waals surface area contributed by atoms with Gasteiger partial charge in [0.15, 0.2) is 0 Å². The minimum absolute atomic E-state index is 0.433. The summed E-state index contributed by atoms with van der Waals surface area (Å²) in [4.78, 5) is 0. The lowest BCUT2D eigenvalue weighted by Gasteiger charge is -2.28. The molecule has 88 valence electrons. The fourth-order valence-corrected chi connectivity index (χ4v) is 2.28. The molecule has 1 unspecified atom stereocenters. The van der Waals surface area contributed by atoms with E-state index in [9.17, 15) is 0 Å². The molecule has 0 radical (unpaired) electrons. The molecule has 0 aliphatic rings. The number of hydrogen-bond donors (Lipinski definition) is 1. The van der Waals surface area contributed by atoms with Crippen LogP contribution >= 0.6 is 0 Å². The molecule has 2 aromatic carbocycles. The van der Waals surface area contributed by atoms with Gasteiger partial charge in [0.2, 0.25) is 0 Å². The first-order valence-corrected chi connectivity index (χ1v) is 5.94. The van der Waals surface area contributed by atoms with Gasteiger partial charge in [-0.25, -0.2) is 0 Å². The molecule has 0 spiro atoms. The quantitative estimate of drug-likeness (QED) is 0.831. The van der Waals surface area contributed by atoms with Crippen LogP contribution in [0, 0.1) is 13.8 Å². The standard InChI is InChI=1S/C16H19N/c1-12-7-6-9-14(11-12)16(3,17)15-10-5-4-8-13(15)2/h4-11H,17H2,1-3H3. The Morgan fingerprint density at radius 2 is 1.65 bits per heavy atom. The molecule has 0 bridgehead atoms. The number of rotatable bonds is 2. The smallest absolute Gasteiger partial charge is 0.0639 e. The average molecular weight is 225 g/mol. The van der Waals surface area contributed by atoms with Crippen LogP contribution in [0.1, 0.15) is 29.2 Å². The lowest BCUT2D eigenvalue weighted by atomic mass is 9.83. The zero-order valence-corrected chi connectivity index (χ0v) is 10.7. The molecule has 1 nitrogen and oxygen atoms in total. The largest absolute Gasteiger partial charge is 0.318 e. The summed E-state index contributed by atoms with van der Waals surface area (Å²) in [7, 11) is 0. The second-order valence-corrected chi connectivity index (χ2v) is 4.89. The first-order valence-electron chi connectivity index (χ1n) is 5.94. The summed E-state index contributed by atoms with van der Waals surface area (Å²) in [5.41, 5.74) is 10.9. The molecule has 2 rings (SSSR count). The Morgan fingerprint density at radius 3 is 2.29 bits per heavy atom. The molecular weight excluding hydrogens is 206 g/mol. The van der Waals surface area contributed by atoms with Gasteiger partial charge in [0, 0.05) is 0 Å². The fourth-order valence-electron chi connectivity index (χ4n) is 2.28. The lowest BCUT2D eigenvalue weighted by Crippen LogP contribution is -2.35. The second kappa shape index (κ2) is 4.34. The van der Waals surface area contributed by atoms with E-state index in [1.54, 1.807) is 0 Å². The van der Waals surface area contributed by atoms with E-state index in [1.807, 2.05) is 12.1 Å². The Morgan fingerprint density at radius 1 is 0.941 bits per heavy atom. The summed E-state index contributed by atoms with van der Waals surface area (Å²) in [6, 6.07) is 16.7. The molecule has 1 atom stereocenters. The van der Waals surface area contributed by atoms with Crippen LogP contribution in [0.25, 0.3) is 0 Å². The molecular formula is C16H19N. The summed E-state index contributed by atoms with van der Waals surface area (Å²) in [5, 5.41) is 0. The Bertz CT molecular complexity index is 527. The molecule has 2 aromatic rings. The van der Waals surface area contributed by atoms with E-state index in [0.29, 0.717) is 0 Å². The van der Waals surface area contributed by atoms with E-state index >= 15 is 0 Å². The van der Waals surface area contributed by atoms with Crippen molar-refractivity contribution in [2.75, 3.05) is 0 Å². The predicted molar refractivity (Wildman–Crippen MR) is 73.0 cm³/mol. The molecule has 0 amide bonds. The highest BCUT2D eigenvalue weighted by Crippen LogP contribution is 2.29. The summed E-state index contributed by atoms with van der Waals surface area (Å²) in [5.74, 6) is 0. The Hall–Kier alpha value is -1.60. The fraction of sp³-hybridized carbons (Fsp3) is 0.250. The van der Waals surface area contributed by atoms with Gasteiger partial charge in [0.25, 0.3) is 0 Å². The Labute approximate surface area is 103 Å². The van der Waals surface area contributed by atoms with Crippen molar-refractivity contribution in [2.45, 2.75) is 26.3 Å². The third-order valence-corrected chi connectivity index (χ3v) is 3.32. The van der Waals surface area contributed by atoms with E-state index in [4.69, 9.17) is 5.73 Å². The predicted octanol–water partition coefficient (Wildman–Crippen LogP) is 3.53. The third kappa shape index (κ3) is 2.25. The van der Waals surface area contributed by atoms with Crippen LogP contribution < -0.4 is 5.73 Å². The number of hydrogen-bond acceptors (Lipinski definition) is 1. The second-order valence-electron chi connectivity index (χ2n) is 4.89. The van der Waals surface area contributed by atoms with Crippen molar-refractivity contribution >= 4 is 0 Å². The third-order valence-electron chi connectivity index (χ3n) is 3.32. The SMILES string of the molecule is Cc1cccc(C(C)(N)c2ccccc2C)c1. The minimum Gasteiger partial charge on any atom is -0.318 e. The summed E-state index contributed by atoms with van der Waals surface area (Å²) >= 11 is 0. The summed E-state index contributed by atoms with van der Waals surface area (Å²) in [6.45, 7) is 6.28. The van der Waals surface area contributed by atoms with Crippen molar-refractivity contribution in [3.05, 3.63) is 70.8 Å². The van der Waals surface area contributed by atoms with Crippen LogP contribution in [0.5, 0.6) is 0 Å². The molecule has 0 aliphatic carbocycles. The molecule has 0 saturated carbocycles. The van der Waals surface area contributed by atoms with Crippen molar-refractivity contribution in [1.82, 2.24) is 0 Å². The van der Waals surface area contributed by atoms with Gasteiger partial charge in [-0.3, -0.25) is 0 Å². The highest BCUT2D eigenvalue weighted by Gasteiger charge is 2.24. The van der Waals surface area contributed by atoms with Crippen LogP contribution in [-0.4, -0.2) is 0 Å². The number of aryl methyl sites for hydroxylation is 2. The van der Waals surface area contributed by atoms with Crippen molar-refractivity contribution in [1.29, 1.82) is 0 Å². The average Bonchev–Trinajstić information content (AvgIpc) is 2.29. The minimum atomic E-state index is -0.433. The summed E-state index contributed by atoms with van der Waals surface area (Å²) < 4.78 is 0. The van der Waals surface area contributed by atoms with E-state index in [0.717, 1.165) is 5.56 Å². The van der Waals surface area contributed by atoms with Gasteiger partial charge in [-0.1, -0.05) is 54.1 Å². The van der Waals surface area contributed by atoms with Gasteiger partial charge < -0.3 is 5.73 Å². The Balaban J connectivity index is 2.53. The van der Waals surface area contributed by atoms with E-state index in [1.165, 1.54) is 16.7 Å². The van der Waals surface area contributed by atoms with Crippen molar-refractivity contribution in [3.8, 4) is 0 Å². The topological polar surface area (TPSA) is 26.0 Å². The molecule has 17 heavy (non-hydrogen) atoms. The molecule has 2 N–H and O–H groups in total.